The molecule has 0 amide bonds. The lowest BCUT2D eigenvalue weighted by atomic mass is 10.0. The van der Waals surface area contributed by atoms with Crippen LogP contribution in [0.25, 0.3) is 0 Å². The molecule has 0 spiro atoms. The van der Waals surface area contributed by atoms with E-state index in [-0.39, 0.29) is 12.3 Å². The SMILES string of the molecule is Cc1c2c(cc(Br)c1C(=O)CN)OCCCO2. The van der Waals surface area contributed by atoms with E-state index in [0.717, 1.165) is 12.0 Å². The quantitative estimate of drug-likeness (QED) is 0.849. The summed E-state index contributed by atoms with van der Waals surface area (Å²) >= 11 is 3.38. The Balaban J connectivity index is 2.56. The third kappa shape index (κ3) is 2.30. The summed E-state index contributed by atoms with van der Waals surface area (Å²) in [5.74, 6) is 1.23. The van der Waals surface area contributed by atoms with Crippen molar-refractivity contribution in [2.45, 2.75) is 13.3 Å². The second kappa shape index (κ2) is 5.06. The van der Waals surface area contributed by atoms with Gasteiger partial charge in [0.2, 0.25) is 0 Å². The molecule has 0 atom stereocenters. The highest BCUT2D eigenvalue weighted by atomic mass is 79.9. The van der Waals surface area contributed by atoms with E-state index in [4.69, 9.17) is 15.2 Å². The van der Waals surface area contributed by atoms with Gasteiger partial charge in [0.25, 0.3) is 0 Å². The van der Waals surface area contributed by atoms with Gasteiger partial charge in [-0.05, 0) is 28.9 Å². The molecule has 0 fully saturated rings. The average molecular weight is 300 g/mol. The molecule has 1 aromatic rings. The Morgan fingerprint density at radius 3 is 2.88 bits per heavy atom. The van der Waals surface area contributed by atoms with Crippen LogP contribution in [0.1, 0.15) is 22.3 Å². The third-order valence-electron chi connectivity index (χ3n) is 2.69. The number of hydrogen-bond acceptors (Lipinski definition) is 4. The molecule has 17 heavy (non-hydrogen) atoms. The number of ketones is 1. The maximum absolute atomic E-state index is 11.8. The van der Waals surface area contributed by atoms with E-state index in [1.807, 2.05) is 6.92 Å². The van der Waals surface area contributed by atoms with Crippen LogP contribution in [0.15, 0.2) is 10.5 Å². The second-order valence-corrected chi connectivity index (χ2v) is 4.72. The van der Waals surface area contributed by atoms with Crippen molar-refractivity contribution in [2.24, 2.45) is 5.73 Å². The van der Waals surface area contributed by atoms with Crippen molar-refractivity contribution >= 4 is 21.7 Å². The molecule has 2 rings (SSSR count). The van der Waals surface area contributed by atoms with Crippen molar-refractivity contribution in [1.82, 2.24) is 0 Å². The minimum atomic E-state index is -0.106. The molecule has 5 heteroatoms. The summed E-state index contributed by atoms with van der Waals surface area (Å²) in [5.41, 5.74) is 6.77. The number of carbonyl (C=O) groups excluding carboxylic acids is 1. The highest BCUT2D eigenvalue weighted by molar-refractivity contribution is 9.10. The second-order valence-electron chi connectivity index (χ2n) is 3.86. The zero-order chi connectivity index (χ0) is 12.4. The van der Waals surface area contributed by atoms with Gasteiger partial charge in [0, 0.05) is 22.0 Å². The van der Waals surface area contributed by atoms with Crippen molar-refractivity contribution in [3.63, 3.8) is 0 Å². The predicted molar refractivity (Wildman–Crippen MR) is 67.9 cm³/mol. The predicted octanol–water partition coefficient (Wildman–Crippen LogP) is 2.06. The molecule has 0 saturated carbocycles. The van der Waals surface area contributed by atoms with E-state index in [0.29, 0.717) is 34.7 Å². The first-order valence-electron chi connectivity index (χ1n) is 5.47. The largest absolute Gasteiger partial charge is 0.490 e. The van der Waals surface area contributed by atoms with Crippen LogP contribution in [0.4, 0.5) is 0 Å². The van der Waals surface area contributed by atoms with E-state index in [9.17, 15) is 4.79 Å². The van der Waals surface area contributed by atoms with E-state index < -0.39 is 0 Å². The van der Waals surface area contributed by atoms with Crippen LogP contribution >= 0.6 is 15.9 Å². The molecule has 1 aliphatic heterocycles. The Bertz CT molecular complexity index is 460. The molecule has 0 radical (unpaired) electrons. The first-order chi connectivity index (χ1) is 8.15. The average Bonchev–Trinajstić information content (AvgIpc) is 2.54. The lowest BCUT2D eigenvalue weighted by molar-refractivity contribution is 0.0999. The summed E-state index contributed by atoms with van der Waals surface area (Å²) in [4.78, 5) is 11.8. The van der Waals surface area contributed by atoms with Crippen molar-refractivity contribution in [1.29, 1.82) is 0 Å². The number of benzene rings is 1. The van der Waals surface area contributed by atoms with E-state index >= 15 is 0 Å². The zero-order valence-corrected chi connectivity index (χ0v) is 11.2. The van der Waals surface area contributed by atoms with Gasteiger partial charge < -0.3 is 15.2 Å². The third-order valence-corrected chi connectivity index (χ3v) is 3.32. The number of rotatable bonds is 2. The Labute approximate surface area is 108 Å². The first kappa shape index (κ1) is 12.4. The highest BCUT2D eigenvalue weighted by Crippen LogP contribution is 2.39. The lowest BCUT2D eigenvalue weighted by Gasteiger charge is -2.14. The van der Waals surface area contributed by atoms with Crippen molar-refractivity contribution in [3.8, 4) is 11.5 Å². The van der Waals surface area contributed by atoms with E-state index in [1.54, 1.807) is 6.07 Å². The summed E-state index contributed by atoms with van der Waals surface area (Å²) in [5, 5.41) is 0. The normalized spacial score (nSPS) is 14.3. The van der Waals surface area contributed by atoms with Gasteiger partial charge in [0.1, 0.15) is 0 Å². The molecule has 1 aromatic carbocycles. The van der Waals surface area contributed by atoms with Crippen LogP contribution in [0, 0.1) is 6.92 Å². The fourth-order valence-electron chi connectivity index (χ4n) is 1.88. The minimum Gasteiger partial charge on any atom is -0.490 e. The van der Waals surface area contributed by atoms with Crippen molar-refractivity contribution in [2.75, 3.05) is 19.8 Å². The van der Waals surface area contributed by atoms with Crippen LogP contribution in [-0.4, -0.2) is 25.5 Å². The summed E-state index contributed by atoms with van der Waals surface area (Å²) < 4.78 is 11.9. The Morgan fingerprint density at radius 2 is 2.18 bits per heavy atom. The van der Waals surface area contributed by atoms with Crippen LogP contribution in [0.2, 0.25) is 0 Å². The van der Waals surface area contributed by atoms with Gasteiger partial charge in [-0.3, -0.25) is 4.79 Å². The van der Waals surface area contributed by atoms with Gasteiger partial charge in [-0.1, -0.05) is 0 Å². The molecule has 4 nitrogen and oxygen atoms in total. The van der Waals surface area contributed by atoms with Crippen LogP contribution in [-0.2, 0) is 0 Å². The molecule has 0 unspecified atom stereocenters. The molecule has 0 bridgehead atoms. The number of Topliss-reactive ketones (excluding diaryl/α,β-unsaturated/α-hetero) is 1. The number of ether oxygens (including phenoxy) is 2. The molecule has 1 aliphatic rings. The molecule has 0 aromatic heterocycles. The summed E-state index contributed by atoms with van der Waals surface area (Å²) in [7, 11) is 0. The van der Waals surface area contributed by atoms with Gasteiger partial charge in [-0.15, -0.1) is 0 Å². The highest BCUT2D eigenvalue weighted by Gasteiger charge is 2.21. The van der Waals surface area contributed by atoms with Gasteiger partial charge >= 0.3 is 0 Å². The number of fused-ring (bicyclic) bond motifs is 1. The Hall–Kier alpha value is -1.07. The molecule has 1 heterocycles. The topological polar surface area (TPSA) is 61.6 Å². The molecule has 0 aliphatic carbocycles. The number of nitrogens with two attached hydrogens (primary N) is 1. The summed E-state index contributed by atoms with van der Waals surface area (Å²) in [6.45, 7) is 3.06. The van der Waals surface area contributed by atoms with Crippen LogP contribution in [0.3, 0.4) is 0 Å². The van der Waals surface area contributed by atoms with E-state index in [1.165, 1.54) is 0 Å². The minimum absolute atomic E-state index is 0.0148. The number of carbonyl (C=O) groups is 1. The standard InChI is InChI=1S/C12H14BrNO3/c1-7-11(9(15)6-14)8(13)5-10-12(7)17-4-2-3-16-10/h5H,2-4,6,14H2,1H3. The number of halogens is 1. The zero-order valence-electron chi connectivity index (χ0n) is 9.59. The van der Waals surface area contributed by atoms with Crippen molar-refractivity contribution in [3.05, 3.63) is 21.7 Å². The Morgan fingerprint density at radius 1 is 1.47 bits per heavy atom. The van der Waals surface area contributed by atoms with Crippen LogP contribution in [0.5, 0.6) is 11.5 Å². The monoisotopic (exact) mass is 299 g/mol. The fourth-order valence-corrected chi connectivity index (χ4v) is 2.60. The molecule has 2 N–H and O–H groups in total. The Kier molecular flexibility index (Phi) is 3.69. The van der Waals surface area contributed by atoms with Gasteiger partial charge in [0.05, 0.1) is 19.8 Å². The molecule has 92 valence electrons. The smallest absolute Gasteiger partial charge is 0.177 e. The fraction of sp³-hybridized carbons (Fsp3) is 0.417. The summed E-state index contributed by atoms with van der Waals surface area (Å²) in [6, 6.07) is 1.77. The molecular formula is C12H14BrNO3. The maximum atomic E-state index is 11.8. The molecular weight excluding hydrogens is 286 g/mol. The summed E-state index contributed by atoms with van der Waals surface area (Å²) in [6.07, 6.45) is 0.839. The lowest BCUT2D eigenvalue weighted by Crippen LogP contribution is -2.16. The van der Waals surface area contributed by atoms with Gasteiger partial charge in [-0.2, -0.15) is 0 Å². The van der Waals surface area contributed by atoms with Gasteiger partial charge in [0.15, 0.2) is 17.3 Å². The first-order valence-corrected chi connectivity index (χ1v) is 6.26. The molecule has 0 saturated heterocycles. The van der Waals surface area contributed by atoms with Crippen molar-refractivity contribution < 1.29 is 14.3 Å². The van der Waals surface area contributed by atoms with E-state index in [2.05, 4.69) is 15.9 Å². The number of hydrogen-bond donors (Lipinski definition) is 1. The maximum Gasteiger partial charge on any atom is 0.177 e. The van der Waals surface area contributed by atoms with Gasteiger partial charge in [-0.25, -0.2) is 0 Å². The van der Waals surface area contributed by atoms with Crippen LogP contribution < -0.4 is 15.2 Å².